The lowest BCUT2D eigenvalue weighted by Gasteiger charge is -2.12. The quantitative estimate of drug-likeness (QED) is 0.702. The molecule has 6 heteroatoms. The van der Waals surface area contributed by atoms with E-state index in [1.165, 1.54) is 24.6 Å². The average Bonchev–Trinajstić information content (AvgIpc) is 3.15. The van der Waals surface area contributed by atoms with Crippen molar-refractivity contribution in [3.8, 4) is 0 Å². The Labute approximate surface area is 162 Å². The fraction of sp³-hybridized carbons (Fsp3) is 0.300. The summed E-state index contributed by atoms with van der Waals surface area (Å²) in [6.07, 6.45) is 4.49. The molecule has 2 amide bonds. The molecule has 3 rings (SSSR count). The van der Waals surface area contributed by atoms with Gasteiger partial charge in [0.1, 0.15) is 0 Å². The number of anilines is 1. The van der Waals surface area contributed by atoms with Crippen LogP contribution in [0.3, 0.4) is 0 Å². The van der Waals surface area contributed by atoms with Crippen molar-refractivity contribution in [2.75, 3.05) is 11.1 Å². The van der Waals surface area contributed by atoms with Crippen molar-refractivity contribution in [3.63, 3.8) is 0 Å². The van der Waals surface area contributed by atoms with E-state index in [4.69, 9.17) is 11.6 Å². The maximum Gasteiger partial charge on any atom is 0.251 e. The predicted molar refractivity (Wildman–Crippen MR) is 107 cm³/mol. The van der Waals surface area contributed by atoms with Crippen molar-refractivity contribution in [1.82, 2.24) is 5.32 Å². The van der Waals surface area contributed by atoms with Crippen molar-refractivity contribution in [3.05, 3.63) is 59.1 Å². The maximum absolute atomic E-state index is 12.2. The monoisotopic (exact) mass is 388 g/mol. The van der Waals surface area contributed by atoms with E-state index in [9.17, 15) is 9.59 Å². The number of amides is 2. The highest BCUT2D eigenvalue weighted by molar-refractivity contribution is 8.00. The fourth-order valence-corrected chi connectivity index (χ4v) is 3.75. The van der Waals surface area contributed by atoms with Crippen molar-refractivity contribution >= 4 is 40.9 Å². The van der Waals surface area contributed by atoms with Crippen molar-refractivity contribution in [2.24, 2.45) is 0 Å². The van der Waals surface area contributed by atoms with E-state index in [0.29, 0.717) is 28.1 Å². The number of halogens is 1. The molecule has 1 fully saturated rings. The highest BCUT2D eigenvalue weighted by Crippen LogP contribution is 2.21. The smallest absolute Gasteiger partial charge is 0.251 e. The molecule has 0 bridgehead atoms. The normalized spacial score (nSPS) is 14.2. The molecule has 4 nitrogen and oxygen atoms in total. The predicted octanol–water partition coefficient (Wildman–Crippen LogP) is 4.74. The third kappa shape index (κ3) is 5.51. The Bertz CT molecular complexity index is 756. The van der Waals surface area contributed by atoms with Gasteiger partial charge in [-0.15, -0.1) is 11.8 Å². The fourth-order valence-electron chi connectivity index (χ4n) is 2.92. The number of thioether (sulfide) groups is 1. The zero-order valence-electron chi connectivity index (χ0n) is 14.3. The molecule has 0 aliphatic heterocycles. The Balaban J connectivity index is 1.47. The molecule has 136 valence electrons. The lowest BCUT2D eigenvalue weighted by Crippen LogP contribution is -2.32. The van der Waals surface area contributed by atoms with Crippen LogP contribution in [0.2, 0.25) is 5.02 Å². The van der Waals surface area contributed by atoms with E-state index >= 15 is 0 Å². The largest absolute Gasteiger partial charge is 0.349 e. The number of rotatable bonds is 6. The van der Waals surface area contributed by atoms with Gasteiger partial charge in [-0.1, -0.05) is 24.4 Å². The molecule has 0 saturated heterocycles. The number of carbonyl (C=O) groups is 2. The zero-order valence-corrected chi connectivity index (χ0v) is 15.9. The second kappa shape index (κ2) is 9.10. The standard InChI is InChI=1S/C20H21ClN2O2S/c21-15-7-11-18(12-8-15)26-13-19(24)22-17-9-5-14(6-10-17)20(25)23-16-3-1-2-4-16/h5-12,16H,1-4,13H2,(H,22,24)(H,23,25). The molecule has 1 aliphatic carbocycles. The molecule has 2 aromatic rings. The molecule has 1 aliphatic rings. The number of hydrogen-bond acceptors (Lipinski definition) is 3. The van der Waals surface area contributed by atoms with Gasteiger partial charge < -0.3 is 10.6 Å². The van der Waals surface area contributed by atoms with E-state index in [-0.39, 0.29) is 11.8 Å². The minimum absolute atomic E-state index is 0.0481. The van der Waals surface area contributed by atoms with Crippen LogP contribution in [0.1, 0.15) is 36.0 Å². The van der Waals surface area contributed by atoms with Gasteiger partial charge in [0.15, 0.2) is 0 Å². The zero-order chi connectivity index (χ0) is 18.4. The average molecular weight is 389 g/mol. The molecular formula is C20H21ClN2O2S. The number of nitrogens with one attached hydrogen (secondary N) is 2. The summed E-state index contributed by atoms with van der Waals surface area (Å²) in [6.45, 7) is 0. The van der Waals surface area contributed by atoms with Gasteiger partial charge in [-0.25, -0.2) is 0 Å². The van der Waals surface area contributed by atoms with Gasteiger partial charge in [0, 0.05) is 27.2 Å². The number of benzene rings is 2. The van der Waals surface area contributed by atoms with Gasteiger partial charge in [-0.2, -0.15) is 0 Å². The Morgan fingerprint density at radius 2 is 1.65 bits per heavy atom. The topological polar surface area (TPSA) is 58.2 Å². The van der Waals surface area contributed by atoms with Crippen LogP contribution in [0.25, 0.3) is 0 Å². The van der Waals surface area contributed by atoms with Crippen molar-refractivity contribution in [1.29, 1.82) is 0 Å². The van der Waals surface area contributed by atoms with E-state index in [2.05, 4.69) is 10.6 Å². The number of hydrogen-bond donors (Lipinski definition) is 2. The van der Waals surface area contributed by atoms with E-state index in [1.54, 1.807) is 36.4 Å². The molecule has 26 heavy (non-hydrogen) atoms. The van der Waals surface area contributed by atoms with Gasteiger partial charge in [0.2, 0.25) is 5.91 Å². The summed E-state index contributed by atoms with van der Waals surface area (Å²) in [6, 6.07) is 14.7. The molecule has 0 aromatic heterocycles. The molecule has 2 aromatic carbocycles. The second-order valence-corrected chi connectivity index (χ2v) is 7.81. The Hall–Kier alpha value is -1.98. The third-order valence-electron chi connectivity index (χ3n) is 4.30. The summed E-state index contributed by atoms with van der Waals surface area (Å²) in [5.41, 5.74) is 1.30. The highest BCUT2D eigenvalue weighted by Gasteiger charge is 2.17. The molecule has 0 heterocycles. The van der Waals surface area contributed by atoms with Gasteiger partial charge in [0.05, 0.1) is 5.75 Å². The molecular weight excluding hydrogens is 368 g/mol. The summed E-state index contributed by atoms with van der Waals surface area (Å²) >= 11 is 7.29. The SMILES string of the molecule is O=C(CSc1ccc(Cl)cc1)Nc1ccc(C(=O)NC2CCCC2)cc1. The van der Waals surface area contributed by atoms with Gasteiger partial charge in [-0.3, -0.25) is 9.59 Å². The molecule has 0 atom stereocenters. The van der Waals surface area contributed by atoms with Crippen molar-refractivity contribution in [2.45, 2.75) is 36.6 Å². The first-order valence-electron chi connectivity index (χ1n) is 8.69. The summed E-state index contributed by atoms with van der Waals surface area (Å²) in [5.74, 6) is 0.173. The number of carbonyl (C=O) groups excluding carboxylic acids is 2. The van der Waals surface area contributed by atoms with E-state index in [1.807, 2.05) is 12.1 Å². The maximum atomic E-state index is 12.2. The second-order valence-electron chi connectivity index (χ2n) is 6.32. The highest BCUT2D eigenvalue weighted by atomic mass is 35.5. The van der Waals surface area contributed by atoms with Crippen molar-refractivity contribution < 1.29 is 9.59 Å². The summed E-state index contributed by atoms with van der Waals surface area (Å²) in [5, 5.41) is 6.58. The molecule has 2 N–H and O–H groups in total. The Morgan fingerprint density at radius 3 is 2.31 bits per heavy atom. The summed E-state index contributed by atoms with van der Waals surface area (Å²) < 4.78 is 0. The van der Waals surface area contributed by atoms with Crippen LogP contribution < -0.4 is 10.6 Å². The first-order valence-corrected chi connectivity index (χ1v) is 10.1. The van der Waals surface area contributed by atoms with E-state index < -0.39 is 0 Å². The van der Waals surface area contributed by atoms with E-state index in [0.717, 1.165) is 17.7 Å². The van der Waals surface area contributed by atoms with Crippen LogP contribution in [0.5, 0.6) is 0 Å². The van der Waals surface area contributed by atoms with Crippen LogP contribution in [0.15, 0.2) is 53.4 Å². The van der Waals surface area contributed by atoms with Gasteiger partial charge in [-0.05, 0) is 61.4 Å². The lowest BCUT2D eigenvalue weighted by atomic mass is 10.1. The van der Waals surface area contributed by atoms with Crippen LogP contribution in [-0.2, 0) is 4.79 Å². The Morgan fingerprint density at radius 1 is 1.00 bits per heavy atom. The van der Waals surface area contributed by atoms with Crippen LogP contribution in [0, 0.1) is 0 Å². The van der Waals surface area contributed by atoms with Crippen LogP contribution in [0.4, 0.5) is 5.69 Å². The summed E-state index contributed by atoms with van der Waals surface area (Å²) in [7, 11) is 0. The third-order valence-corrected chi connectivity index (χ3v) is 5.57. The molecule has 1 saturated carbocycles. The van der Waals surface area contributed by atoms with Crippen LogP contribution >= 0.6 is 23.4 Å². The first kappa shape index (κ1) is 18.8. The molecule has 0 radical (unpaired) electrons. The minimum Gasteiger partial charge on any atom is -0.349 e. The molecule has 0 spiro atoms. The Kier molecular flexibility index (Phi) is 6.58. The van der Waals surface area contributed by atoms with Gasteiger partial charge >= 0.3 is 0 Å². The summed E-state index contributed by atoms with van der Waals surface area (Å²) in [4.78, 5) is 25.3. The minimum atomic E-state index is -0.0897. The van der Waals surface area contributed by atoms with Gasteiger partial charge in [0.25, 0.3) is 5.91 Å². The first-order chi connectivity index (χ1) is 12.6. The van der Waals surface area contributed by atoms with Crippen LogP contribution in [-0.4, -0.2) is 23.6 Å². The lowest BCUT2D eigenvalue weighted by molar-refractivity contribution is -0.113. The molecule has 0 unspecified atom stereocenters.